The molecular formula is C55H38N2O. The van der Waals surface area contributed by atoms with Crippen molar-refractivity contribution in [2.45, 2.75) is 13.3 Å². The van der Waals surface area contributed by atoms with Crippen LogP contribution in [0.2, 0.25) is 0 Å². The Morgan fingerprint density at radius 2 is 1.14 bits per heavy atom. The van der Waals surface area contributed by atoms with E-state index in [9.17, 15) is 0 Å². The Labute approximate surface area is 336 Å². The second-order valence-corrected chi connectivity index (χ2v) is 15.7. The van der Waals surface area contributed by atoms with Crippen LogP contribution in [-0.2, 0) is 0 Å². The van der Waals surface area contributed by atoms with Crippen LogP contribution in [0.25, 0.3) is 92.9 Å². The van der Waals surface area contributed by atoms with E-state index in [4.69, 9.17) is 4.42 Å². The number of hydrogen-bond acceptors (Lipinski definition) is 2. The van der Waals surface area contributed by atoms with Gasteiger partial charge in [0.2, 0.25) is 0 Å². The van der Waals surface area contributed by atoms with Gasteiger partial charge in [0, 0.05) is 61.0 Å². The summed E-state index contributed by atoms with van der Waals surface area (Å²) in [5, 5.41) is 12.6. The smallest absolute Gasteiger partial charge is 0.135 e. The summed E-state index contributed by atoms with van der Waals surface area (Å²) in [6.45, 7) is 2.38. The lowest BCUT2D eigenvalue weighted by Gasteiger charge is -2.34. The molecule has 0 amide bonds. The fraction of sp³-hybridized carbons (Fsp3) is 0.0545. The Morgan fingerprint density at radius 1 is 0.483 bits per heavy atom. The first-order valence-corrected chi connectivity index (χ1v) is 20.2. The number of rotatable bonds is 5. The predicted octanol–water partition coefficient (Wildman–Crippen LogP) is 15.4. The standard InChI is InChI=1S/C55H38N2O/c1-35-33-40(57-50-21-11-9-20-47(50)54-53-42-16-6-5-15-38(42)25-30-45(53)43-17-7-8-19-46(43)55(54)57)28-31-49(35)56(39-26-23-37(24-27-39)36-13-3-2-4-14-36)41-29-32-52-48(34-41)44-18-10-12-22-51(44)58-52/h2-32,34-35H,33H2,1H3. The van der Waals surface area contributed by atoms with Gasteiger partial charge in [0.15, 0.2) is 0 Å². The molecular weight excluding hydrogens is 705 g/mol. The molecule has 0 bridgehead atoms. The third-order valence-corrected chi connectivity index (χ3v) is 12.4. The number of allylic oxidation sites excluding steroid dienone is 4. The molecule has 0 N–H and O–H groups in total. The molecule has 0 aliphatic heterocycles. The summed E-state index contributed by atoms with van der Waals surface area (Å²) in [7, 11) is 0. The molecule has 2 heterocycles. The molecule has 0 radical (unpaired) electrons. The van der Waals surface area contributed by atoms with E-state index in [2.05, 4.69) is 204 Å². The van der Waals surface area contributed by atoms with Gasteiger partial charge in [-0.1, -0.05) is 146 Å². The Balaban J connectivity index is 1.09. The van der Waals surface area contributed by atoms with E-state index in [1.54, 1.807) is 0 Å². The van der Waals surface area contributed by atoms with Crippen molar-refractivity contribution in [3.8, 4) is 11.1 Å². The van der Waals surface area contributed by atoms with Crippen LogP contribution in [0.1, 0.15) is 13.3 Å². The summed E-state index contributed by atoms with van der Waals surface area (Å²) in [5.41, 5.74) is 11.5. The maximum atomic E-state index is 6.29. The van der Waals surface area contributed by atoms with Crippen molar-refractivity contribution in [1.82, 2.24) is 4.57 Å². The lowest BCUT2D eigenvalue weighted by Crippen LogP contribution is -2.24. The number of benzene rings is 9. The minimum absolute atomic E-state index is 0.203. The Morgan fingerprint density at radius 3 is 1.97 bits per heavy atom. The van der Waals surface area contributed by atoms with Crippen molar-refractivity contribution >= 4 is 93.1 Å². The average molecular weight is 743 g/mol. The summed E-state index contributed by atoms with van der Waals surface area (Å²) in [6, 6.07) is 66.0. The maximum absolute atomic E-state index is 6.29. The molecule has 1 atom stereocenters. The molecule has 2 aromatic heterocycles. The summed E-state index contributed by atoms with van der Waals surface area (Å²) >= 11 is 0. The number of fused-ring (bicyclic) bond motifs is 13. The van der Waals surface area contributed by atoms with Crippen LogP contribution in [-0.4, -0.2) is 4.57 Å². The van der Waals surface area contributed by atoms with E-state index in [0.29, 0.717) is 0 Å². The highest BCUT2D eigenvalue weighted by Crippen LogP contribution is 2.47. The van der Waals surface area contributed by atoms with Crippen molar-refractivity contribution in [2.75, 3.05) is 4.90 Å². The topological polar surface area (TPSA) is 21.3 Å². The zero-order valence-corrected chi connectivity index (χ0v) is 32.1. The minimum atomic E-state index is 0.203. The van der Waals surface area contributed by atoms with Gasteiger partial charge >= 0.3 is 0 Å². The van der Waals surface area contributed by atoms with Crippen molar-refractivity contribution < 1.29 is 4.42 Å². The molecule has 1 aliphatic rings. The molecule has 0 saturated heterocycles. The van der Waals surface area contributed by atoms with Gasteiger partial charge in [0.05, 0.1) is 11.0 Å². The highest BCUT2D eigenvalue weighted by atomic mass is 16.3. The normalized spacial score (nSPS) is 14.6. The van der Waals surface area contributed by atoms with Crippen LogP contribution < -0.4 is 4.90 Å². The molecule has 58 heavy (non-hydrogen) atoms. The quantitative estimate of drug-likeness (QED) is 0.164. The number of anilines is 2. The van der Waals surface area contributed by atoms with Crippen molar-refractivity contribution in [2.24, 2.45) is 5.92 Å². The van der Waals surface area contributed by atoms with Crippen LogP contribution in [0.5, 0.6) is 0 Å². The average Bonchev–Trinajstić information content (AvgIpc) is 3.84. The molecule has 1 aliphatic carbocycles. The Kier molecular flexibility index (Phi) is 7.27. The van der Waals surface area contributed by atoms with Crippen molar-refractivity contribution in [3.63, 3.8) is 0 Å². The molecule has 3 heteroatoms. The monoisotopic (exact) mass is 742 g/mol. The van der Waals surface area contributed by atoms with Gasteiger partial charge in [0.25, 0.3) is 0 Å². The van der Waals surface area contributed by atoms with E-state index >= 15 is 0 Å². The SMILES string of the molecule is CC1CC(n2c3ccccc3c3c4c5ccccc5ccc4c4ccccc4c32)=CC=C1N(c1ccc(-c2ccccc2)cc1)c1ccc2oc3ccccc3c2c1. The second kappa shape index (κ2) is 12.8. The van der Waals surface area contributed by atoms with E-state index in [1.807, 2.05) is 6.07 Å². The summed E-state index contributed by atoms with van der Waals surface area (Å²) in [4.78, 5) is 2.45. The van der Waals surface area contributed by atoms with Crippen LogP contribution in [0, 0.1) is 5.92 Å². The third-order valence-electron chi connectivity index (χ3n) is 12.4. The zero-order chi connectivity index (χ0) is 38.3. The summed E-state index contributed by atoms with van der Waals surface area (Å²) < 4.78 is 8.86. The molecule has 11 aromatic rings. The van der Waals surface area contributed by atoms with Gasteiger partial charge < -0.3 is 13.9 Å². The third kappa shape index (κ3) is 4.93. The fourth-order valence-corrected chi connectivity index (χ4v) is 9.76. The molecule has 12 rings (SSSR count). The molecule has 0 fully saturated rings. The Hall–Kier alpha value is -7.36. The van der Waals surface area contributed by atoms with Gasteiger partial charge in [-0.2, -0.15) is 0 Å². The molecule has 9 aromatic carbocycles. The lowest BCUT2D eigenvalue weighted by atomic mass is 9.92. The molecule has 0 saturated carbocycles. The summed E-state index contributed by atoms with van der Waals surface area (Å²) in [6.07, 6.45) is 5.61. The minimum Gasteiger partial charge on any atom is -0.456 e. The molecule has 1 unspecified atom stereocenters. The first kappa shape index (κ1) is 32.8. The number of furan rings is 1. The zero-order valence-electron chi connectivity index (χ0n) is 32.1. The number of nitrogens with zero attached hydrogens (tertiary/aromatic N) is 2. The van der Waals surface area contributed by atoms with Crippen LogP contribution in [0.3, 0.4) is 0 Å². The first-order chi connectivity index (χ1) is 28.7. The van der Waals surface area contributed by atoms with E-state index in [0.717, 1.165) is 39.7 Å². The van der Waals surface area contributed by atoms with Gasteiger partial charge in [-0.15, -0.1) is 0 Å². The second-order valence-electron chi connectivity index (χ2n) is 15.7. The van der Waals surface area contributed by atoms with Crippen LogP contribution >= 0.6 is 0 Å². The predicted molar refractivity (Wildman–Crippen MR) is 246 cm³/mol. The van der Waals surface area contributed by atoms with E-state index in [1.165, 1.54) is 76.6 Å². The first-order valence-electron chi connectivity index (χ1n) is 20.2. The van der Waals surface area contributed by atoms with E-state index in [-0.39, 0.29) is 5.92 Å². The van der Waals surface area contributed by atoms with E-state index < -0.39 is 0 Å². The molecule has 3 nitrogen and oxygen atoms in total. The molecule has 0 spiro atoms. The maximum Gasteiger partial charge on any atom is 0.135 e. The highest BCUT2D eigenvalue weighted by Gasteiger charge is 2.27. The summed E-state index contributed by atoms with van der Waals surface area (Å²) in [5.74, 6) is 0.203. The van der Waals surface area contributed by atoms with Crippen molar-refractivity contribution in [3.05, 3.63) is 200 Å². The molecule has 274 valence electrons. The number of aromatic nitrogens is 1. The van der Waals surface area contributed by atoms with Crippen LogP contribution in [0.4, 0.5) is 11.4 Å². The lowest BCUT2D eigenvalue weighted by molar-refractivity contribution is 0.665. The highest BCUT2D eigenvalue weighted by molar-refractivity contribution is 6.37. The fourth-order valence-electron chi connectivity index (χ4n) is 9.76. The van der Waals surface area contributed by atoms with Gasteiger partial charge in [0.1, 0.15) is 11.2 Å². The Bertz CT molecular complexity index is 3490. The van der Waals surface area contributed by atoms with Crippen molar-refractivity contribution in [1.29, 1.82) is 0 Å². The largest absolute Gasteiger partial charge is 0.456 e. The van der Waals surface area contributed by atoms with Gasteiger partial charge in [-0.3, -0.25) is 0 Å². The number of para-hydroxylation sites is 2. The number of hydrogen-bond donors (Lipinski definition) is 0. The van der Waals surface area contributed by atoms with Gasteiger partial charge in [-0.05, 0) is 93.7 Å². The van der Waals surface area contributed by atoms with Crippen LogP contribution in [0.15, 0.2) is 204 Å². The van der Waals surface area contributed by atoms with Gasteiger partial charge in [-0.25, -0.2) is 0 Å².